The molecule has 0 amide bonds. The molecule has 0 unspecified atom stereocenters. The molecule has 396 valence electrons. The fraction of sp³-hybridized carbons (Fsp3) is 0.380. The fourth-order valence-electron chi connectivity index (χ4n) is 14.9. The zero-order chi connectivity index (χ0) is 53.6. The summed E-state index contributed by atoms with van der Waals surface area (Å²) >= 11 is 0. The van der Waals surface area contributed by atoms with Crippen molar-refractivity contribution in [3.8, 4) is 22.3 Å². The van der Waals surface area contributed by atoms with Gasteiger partial charge in [0.1, 0.15) is 0 Å². The molecule has 0 bridgehead atoms. The van der Waals surface area contributed by atoms with Gasteiger partial charge in [0.05, 0.1) is 0 Å². The molecule has 3 aliphatic rings. The Morgan fingerprint density at radius 3 is 1.13 bits per heavy atom. The van der Waals surface area contributed by atoms with Gasteiger partial charge in [-0.1, -0.05) is 181 Å². The van der Waals surface area contributed by atoms with Crippen molar-refractivity contribution in [2.45, 2.75) is 176 Å². The molecule has 2 heterocycles. The van der Waals surface area contributed by atoms with Gasteiger partial charge in [-0.25, -0.2) is 0 Å². The van der Waals surface area contributed by atoms with Gasteiger partial charge in [-0.15, -0.1) is 0 Å². The van der Waals surface area contributed by atoms with Crippen LogP contribution in [0.2, 0.25) is 0 Å². The number of fused-ring (bicyclic) bond motifs is 5. The number of hydrogen-bond donors (Lipinski definition) is 4. The Bertz CT molecular complexity index is 3590. The SMILES string of the molecule is CCCCCCCCC1(CCCCCCCC)c2cc(C)ccc2-c2ccc(-c3ccc(N4[C@H](O)c5cc(C)c6c7c(C)cc8c9c(cc(C)c(c%10c(C)cc(c5c6%10)[C@@H]4O)c97)[C@@H](O)N(c4ccc(C)cc4)[C@H]8O)cc3)cc21. The van der Waals surface area contributed by atoms with Gasteiger partial charge in [0.15, 0.2) is 24.9 Å². The van der Waals surface area contributed by atoms with Crippen molar-refractivity contribution in [2.24, 2.45) is 0 Å². The number of rotatable bonds is 17. The first-order valence-corrected chi connectivity index (χ1v) is 29.2. The average Bonchev–Trinajstić information content (AvgIpc) is 3.88. The minimum atomic E-state index is -1.12. The van der Waals surface area contributed by atoms with E-state index in [2.05, 4.69) is 133 Å². The van der Waals surface area contributed by atoms with E-state index in [0.717, 1.165) is 110 Å². The lowest BCUT2D eigenvalue weighted by atomic mass is 9.70. The molecule has 0 fully saturated rings. The summed E-state index contributed by atoms with van der Waals surface area (Å²) in [4.78, 5) is 3.49. The van der Waals surface area contributed by atoms with E-state index in [9.17, 15) is 20.4 Å². The lowest BCUT2D eigenvalue weighted by Crippen LogP contribution is -2.36. The second-order valence-electron chi connectivity index (χ2n) is 23.7. The molecule has 4 atom stereocenters. The largest absolute Gasteiger partial charge is 0.369 e. The van der Waals surface area contributed by atoms with Gasteiger partial charge in [-0.05, 0) is 183 Å². The molecule has 0 spiro atoms. The van der Waals surface area contributed by atoms with E-state index in [4.69, 9.17) is 0 Å². The van der Waals surface area contributed by atoms with Gasteiger partial charge in [-0.2, -0.15) is 0 Å². The molecule has 6 heteroatoms. The molecular weight excluding hydrogens is 945 g/mol. The molecule has 0 saturated heterocycles. The molecule has 77 heavy (non-hydrogen) atoms. The lowest BCUT2D eigenvalue weighted by molar-refractivity contribution is 0.0796. The van der Waals surface area contributed by atoms with E-state index >= 15 is 0 Å². The maximum Gasteiger partial charge on any atom is 0.156 e. The summed E-state index contributed by atoms with van der Waals surface area (Å²) < 4.78 is 0. The summed E-state index contributed by atoms with van der Waals surface area (Å²) in [6.07, 6.45) is 13.4. The van der Waals surface area contributed by atoms with Crippen molar-refractivity contribution >= 4 is 54.5 Å². The smallest absolute Gasteiger partial charge is 0.156 e. The predicted molar refractivity (Wildman–Crippen MR) is 321 cm³/mol. The van der Waals surface area contributed by atoms with Crippen LogP contribution in [0.4, 0.5) is 11.4 Å². The van der Waals surface area contributed by atoms with Gasteiger partial charge < -0.3 is 30.2 Å². The first-order chi connectivity index (χ1) is 37.3. The van der Waals surface area contributed by atoms with E-state index in [1.54, 1.807) is 9.80 Å². The highest BCUT2D eigenvalue weighted by atomic mass is 16.3. The van der Waals surface area contributed by atoms with Crippen molar-refractivity contribution in [3.05, 3.63) is 176 Å². The zero-order valence-corrected chi connectivity index (χ0v) is 46.8. The highest BCUT2D eigenvalue weighted by molar-refractivity contribution is 6.37. The van der Waals surface area contributed by atoms with Gasteiger partial charge in [0.2, 0.25) is 0 Å². The molecule has 2 aliphatic heterocycles. The van der Waals surface area contributed by atoms with Gasteiger partial charge in [-0.3, -0.25) is 0 Å². The number of aryl methyl sites for hydroxylation is 6. The Morgan fingerprint density at radius 1 is 0.351 bits per heavy atom. The van der Waals surface area contributed by atoms with Crippen molar-refractivity contribution in [2.75, 3.05) is 9.80 Å². The van der Waals surface area contributed by atoms with Gasteiger partial charge in [0.25, 0.3) is 0 Å². The zero-order valence-electron chi connectivity index (χ0n) is 46.8. The lowest BCUT2D eigenvalue weighted by Gasteiger charge is -2.42. The number of aliphatic hydroxyl groups excluding tert-OH is 4. The van der Waals surface area contributed by atoms with E-state index in [0.29, 0.717) is 0 Å². The van der Waals surface area contributed by atoms with E-state index in [-0.39, 0.29) is 5.41 Å². The minimum Gasteiger partial charge on any atom is -0.369 e. The Kier molecular flexibility index (Phi) is 13.5. The van der Waals surface area contributed by atoms with Crippen molar-refractivity contribution in [1.29, 1.82) is 0 Å². The van der Waals surface area contributed by atoms with Crippen LogP contribution in [0.3, 0.4) is 0 Å². The molecule has 12 rings (SSSR count). The Hall–Kier alpha value is -6.28. The molecule has 4 N–H and O–H groups in total. The van der Waals surface area contributed by atoms with Crippen LogP contribution in [0.15, 0.2) is 109 Å². The Morgan fingerprint density at radius 2 is 0.701 bits per heavy atom. The number of anilines is 2. The van der Waals surface area contributed by atoms with Crippen LogP contribution >= 0.6 is 0 Å². The Labute approximate surface area is 456 Å². The summed E-state index contributed by atoms with van der Waals surface area (Å²) in [5.41, 5.74) is 19.3. The Balaban J connectivity index is 0.918. The van der Waals surface area contributed by atoms with Crippen molar-refractivity contribution in [3.63, 3.8) is 0 Å². The van der Waals surface area contributed by atoms with Crippen LogP contribution in [0.1, 0.15) is 195 Å². The highest BCUT2D eigenvalue weighted by Gasteiger charge is 2.43. The highest BCUT2D eigenvalue weighted by Crippen LogP contribution is 2.58. The second-order valence-corrected chi connectivity index (χ2v) is 23.7. The molecule has 0 radical (unpaired) electrons. The first kappa shape index (κ1) is 51.5. The normalized spacial score (nSPS) is 18.4. The first-order valence-electron chi connectivity index (χ1n) is 29.2. The van der Waals surface area contributed by atoms with Crippen molar-refractivity contribution in [1.82, 2.24) is 0 Å². The number of hydrogen-bond acceptors (Lipinski definition) is 6. The van der Waals surface area contributed by atoms with Crippen LogP contribution < -0.4 is 9.80 Å². The van der Waals surface area contributed by atoms with Crippen LogP contribution in [-0.2, 0) is 5.41 Å². The van der Waals surface area contributed by atoms with Crippen molar-refractivity contribution < 1.29 is 20.4 Å². The van der Waals surface area contributed by atoms with E-state index < -0.39 is 24.9 Å². The third-order valence-electron chi connectivity index (χ3n) is 18.6. The second kappa shape index (κ2) is 20.2. The molecule has 0 aromatic heterocycles. The van der Waals surface area contributed by atoms with Crippen LogP contribution in [0.5, 0.6) is 0 Å². The maximum absolute atomic E-state index is 12.7. The van der Waals surface area contributed by atoms with E-state index in [1.165, 1.54) is 123 Å². The summed E-state index contributed by atoms with van der Waals surface area (Å²) in [7, 11) is 0. The average molecular weight is 1020 g/mol. The quantitative estimate of drug-likeness (QED) is 0.0413. The summed E-state index contributed by atoms with van der Waals surface area (Å²) in [6, 6.07) is 39.3. The van der Waals surface area contributed by atoms with Crippen LogP contribution in [-0.4, -0.2) is 20.4 Å². The van der Waals surface area contributed by atoms with Gasteiger partial charge in [0, 0.05) is 39.0 Å². The molecule has 9 aromatic carbocycles. The number of benzene rings is 9. The molecule has 1 aliphatic carbocycles. The van der Waals surface area contributed by atoms with Crippen LogP contribution in [0.25, 0.3) is 65.3 Å². The molecular formula is C71H78N2O4. The third-order valence-corrected chi connectivity index (χ3v) is 18.6. The predicted octanol–water partition coefficient (Wildman–Crippen LogP) is 18.0. The number of unbranched alkanes of at least 4 members (excludes halogenated alkanes) is 10. The summed E-state index contributed by atoms with van der Waals surface area (Å²) in [5, 5.41) is 58.0. The topological polar surface area (TPSA) is 87.4 Å². The molecule has 9 aromatic rings. The summed E-state index contributed by atoms with van der Waals surface area (Å²) in [5.74, 6) is 0. The standard InChI is InChI=1S/C71H78N2O4/c1-9-11-13-15-17-19-33-71(34-20-18-16-14-12-10-2)57-35-42(4)23-31-51(57)52-32-26-48(40-58(52)71)47-24-29-50(30-25-47)73-69(76)55-38-45(7)61-59-43(5)36-53-63-54(68(75)72(67(53)74)49-27-21-41(3)22-28-49)37-44(6)60(65(59)63)62-46(8)39-56(70(73)77)64(55)66(61)62/h21-32,35-40,67-70,74-77H,9-20,33-34H2,1-8H3/t67-,68+,69+,70-. The third kappa shape index (κ3) is 8.18. The maximum atomic E-state index is 12.7. The fourth-order valence-corrected chi connectivity index (χ4v) is 14.9. The number of nitrogens with zero attached hydrogens (tertiary/aromatic N) is 2. The van der Waals surface area contributed by atoms with E-state index in [1.807, 2.05) is 31.2 Å². The van der Waals surface area contributed by atoms with Crippen LogP contribution in [0, 0.1) is 41.5 Å². The van der Waals surface area contributed by atoms with Gasteiger partial charge >= 0.3 is 0 Å². The molecule has 6 nitrogen and oxygen atoms in total. The molecule has 0 saturated carbocycles. The minimum absolute atomic E-state index is 0.0179. The summed E-state index contributed by atoms with van der Waals surface area (Å²) in [6.45, 7) is 17.4. The monoisotopic (exact) mass is 1020 g/mol. The number of aliphatic hydroxyl groups is 4.